The number of amides is 1. The van der Waals surface area contributed by atoms with Crippen LogP contribution in [0.4, 0.5) is 0 Å². The molecule has 1 N–H and O–H groups in total. The largest absolute Gasteiger partial charge is 0.348 e. The summed E-state index contributed by atoms with van der Waals surface area (Å²) in [7, 11) is 0. The average molecular weight is 543 g/mol. The molecule has 6 rings (SSSR count). The van der Waals surface area contributed by atoms with Crippen LogP contribution in [0.3, 0.4) is 0 Å². The summed E-state index contributed by atoms with van der Waals surface area (Å²) in [5, 5.41) is 9.58. The van der Waals surface area contributed by atoms with Gasteiger partial charge < -0.3 is 5.32 Å². The highest BCUT2D eigenvalue weighted by atomic mass is 35.5. The molecule has 0 bridgehead atoms. The Balaban J connectivity index is 1.62. The monoisotopic (exact) mass is 542 g/mol. The van der Waals surface area contributed by atoms with Crippen LogP contribution in [-0.4, -0.2) is 20.7 Å². The average Bonchev–Trinajstić information content (AvgIpc) is 3.36. The quantitative estimate of drug-likeness (QED) is 0.232. The van der Waals surface area contributed by atoms with Crippen molar-refractivity contribution in [3.63, 3.8) is 0 Å². The van der Waals surface area contributed by atoms with Crippen LogP contribution in [0.25, 0.3) is 39.1 Å². The second-order valence-electron chi connectivity index (χ2n) is 9.79. The summed E-state index contributed by atoms with van der Waals surface area (Å²) in [6.07, 6.45) is 0. The number of pyridine rings is 1. The third kappa shape index (κ3) is 4.88. The van der Waals surface area contributed by atoms with Gasteiger partial charge in [0.15, 0.2) is 5.65 Å². The Morgan fingerprint density at radius 2 is 1.50 bits per heavy atom. The van der Waals surface area contributed by atoms with Crippen molar-refractivity contribution in [2.75, 3.05) is 0 Å². The number of hydrogen-bond acceptors (Lipinski definition) is 3. The number of carbonyl (C=O) groups excluding carboxylic acids is 1. The number of nitrogens with zero attached hydrogens (tertiary/aromatic N) is 3. The highest BCUT2D eigenvalue weighted by molar-refractivity contribution is 6.31. The normalized spacial score (nSPS) is 11.1. The first kappa shape index (κ1) is 25.5. The minimum Gasteiger partial charge on any atom is -0.348 e. The second kappa shape index (κ2) is 10.8. The van der Waals surface area contributed by atoms with Gasteiger partial charge in [-0.2, -0.15) is 5.10 Å². The first-order valence-corrected chi connectivity index (χ1v) is 13.5. The molecule has 0 atom stereocenters. The van der Waals surface area contributed by atoms with Gasteiger partial charge in [0, 0.05) is 22.7 Å². The zero-order chi connectivity index (χ0) is 27.6. The van der Waals surface area contributed by atoms with Gasteiger partial charge in [0.2, 0.25) is 0 Å². The maximum absolute atomic E-state index is 13.9. The van der Waals surface area contributed by atoms with Gasteiger partial charge in [-0.1, -0.05) is 102 Å². The summed E-state index contributed by atoms with van der Waals surface area (Å²) < 4.78 is 1.85. The molecular formula is C34H27ClN4O. The molecule has 0 aliphatic heterocycles. The molecule has 2 aromatic heterocycles. The molecule has 0 fully saturated rings. The van der Waals surface area contributed by atoms with E-state index < -0.39 is 0 Å². The number of hydrogen-bond donors (Lipinski definition) is 1. The van der Waals surface area contributed by atoms with Crippen molar-refractivity contribution < 1.29 is 4.79 Å². The van der Waals surface area contributed by atoms with Gasteiger partial charge in [0.1, 0.15) is 5.69 Å². The van der Waals surface area contributed by atoms with Gasteiger partial charge >= 0.3 is 0 Å². The lowest BCUT2D eigenvalue weighted by atomic mass is 9.93. The molecule has 2 heterocycles. The molecule has 0 aliphatic carbocycles. The van der Waals surface area contributed by atoms with Crippen LogP contribution in [0, 0.1) is 13.8 Å². The fourth-order valence-electron chi connectivity index (χ4n) is 5.00. The Hall–Kier alpha value is -4.74. The summed E-state index contributed by atoms with van der Waals surface area (Å²) in [6, 6.07) is 35.7. The number of benzene rings is 4. The fraction of sp³-hybridized carbons (Fsp3) is 0.0882. The van der Waals surface area contributed by atoms with E-state index in [1.807, 2.05) is 128 Å². The van der Waals surface area contributed by atoms with Gasteiger partial charge in [-0.3, -0.25) is 4.79 Å². The maximum atomic E-state index is 13.9. The molecule has 0 unspecified atom stereocenters. The number of carbonyl (C=O) groups is 1. The Morgan fingerprint density at radius 3 is 2.20 bits per heavy atom. The van der Waals surface area contributed by atoms with Crippen LogP contribution in [0.5, 0.6) is 0 Å². The van der Waals surface area contributed by atoms with Crippen molar-refractivity contribution in [2.24, 2.45) is 0 Å². The molecule has 6 aromatic rings. The van der Waals surface area contributed by atoms with E-state index in [0.29, 0.717) is 28.5 Å². The van der Waals surface area contributed by atoms with Gasteiger partial charge in [0.25, 0.3) is 5.91 Å². The van der Waals surface area contributed by atoms with Crippen molar-refractivity contribution in [1.29, 1.82) is 0 Å². The maximum Gasteiger partial charge on any atom is 0.254 e. The van der Waals surface area contributed by atoms with Crippen molar-refractivity contribution in [3.05, 3.63) is 137 Å². The highest BCUT2D eigenvalue weighted by Gasteiger charge is 2.26. The van der Waals surface area contributed by atoms with Crippen LogP contribution in [0.1, 0.15) is 27.2 Å². The smallest absolute Gasteiger partial charge is 0.254 e. The van der Waals surface area contributed by atoms with Crippen LogP contribution in [0.2, 0.25) is 5.02 Å². The summed E-state index contributed by atoms with van der Waals surface area (Å²) in [5.41, 5.74) is 8.14. The Bertz CT molecular complexity index is 1830. The van der Waals surface area contributed by atoms with Gasteiger partial charge in [-0.05, 0) is 49.2 Å². The van der Waals surface area contributed by atoms with E-state index in [1.165, 1.54) is 5.56 Å². The third-order valence-corrected chi connectivity index (χ3v) is 7.19. The van der Waals surface area contributed by atoms with Gasteiger partial charge in [0.05, 0.1) is 22.3 Å². The summed E-state index contributed by atoms with van der Waals surface area (Å²) >= 11 is 6.49. The first-order chi connectivity index (χ1) is 19.5. The van der Waals surface area contributed by atoms with Crippen molar-refractivity contribution >= 4 is 28.5 Å². The van der Waals surface area contributed by atoms with Crippen molar-refractivity contribution in [2.45, 2.75) is 20.4 Å². The number of fused-ring (bicyclic) bond motifs is 1. The molecule has 0 spiro atoms. The van der Waals surface area contributed by atoms with E-state index >= 15 is 0 Å². The standard InChI is InChI=1S/C34H27ClN4O/c1-22-16-18-24(19-17-22)21-36-34(40)29-23(2)37-33-31(30(29)26-12-9-13-27(35)20-26)32(25-10-5-3-6-11-25)38-39(33)28-14-7-4-8-15-28/h3-20H,21H2,1-2H3,(H,36,40). The van der Waals surface area contributed by atoms with Crippen LogP contribution < -0.4 is 5.32 Å². The van der Waals surface area contributed by atoms with E-state index in [2.05, 4.69) is 5.32 Å². The minimum absolute atomic E-state index is 0.200. The Morgan fingerprint density at radius 1 is 0.825 bits per heavy atom. The summed E-state index contributed by atoms with van der Waals surface area (Å²) in [5.74, 6) is -0.200. The molecule has 5 nitrogen and oxygen atoms in total. The molecule has 6 heteroatoms. The van der Waals surface area contributed by atoms with Crippen LogP contribution >= 0.6 is 11.6 Å². The van der Waals surface area contributed by atoms with Crippen LogP contribution in [-0.2, 0) is 6.54 Å². The SMILES string of the molecule is Cc1ccc(CNC(=O)c2c(C)nc3c(c(-c4ccccc4)nn3-c3ccccc3)c2-c2cccc(Cl)c2)cc1. The zero-order valence-corrected chi connectivity index (χ0v) is 23.0. The number of nitrogens with one attached hydrogen (secondary N) is 1. The van der Waals surface area contributed by atoms with Crippen molar-refractivity contribution in [3.8, 4) is 28.1 Å². The van der Waals surface area contributed by atoms with E-state index in [1.54, 1.807) is 0 Å². The van der Waals surface area contributed by atoms with E-state index in [0.717, 1.165) is 39.0 Å². The summed E-state index contributed by atoms with van der Waals surface area (Å²) in [6.45, 7) is 4.32. The Labute approximate surface area is 238 Å². The lowest BCUT2D eigenvalue weighted by Crippen LogP contribution is -2.25. The van der Waals surface area contributed by atoms with Crippen molar-refractivity contribution in [1.82, 2.24) is 20.1 Å². The fourth-order valence-corrected chi connectivity index (χ4v) is 5.19. The second-order valence-corrected chi connectivity index (χ2v) is 10.2. The molecule has 4 aromatic carbocycles. The molecule has 40 heavy (non-hydrogen) atoms. The molecule has 1 amide bonds. The molecule has 196 valence electrons. The predicted octanol–water partition coefficient (Wildman–Crippen LogP) is 7.95. The Kier molecular flexibility index (Phi) is 6.89. The summed E-state index contributed by atoms with van der Waals surface area (Å²) in [4.78, 5) is 18.9. The number of rotatable bonds is 6. The number of aromatic nitrogens is 3. The number of aryl methyl sites for hydroxylation is 2. The molecular weight excluding hydrogens is 516 g/mol. The minimum atomic E-state index is -0.200. The first-order valence-electron chi connectivity index (χ1n) is 13.1. The van der Waals surface area contributed by atoms with Gasteiger partial charge in [-0.15, -0.1) is 0 Å². The molecule has 0 radical (unpaired) electrons. The van der Waals surface area contributed by atoms with E-state index in [9.17, 15) is 4.79 Å². The molecule has 0 saturated carbocycles. The molecule has 0 aliphatic rings. The third-order valence-electron chi connectivity index (χ3n) is 6.96. The lowest BCUT2D eigenvalue weighted by Gasteiger charge is -2.16. The van der Waals surface area contributed by atoms with E-state index in [-0.39, 0.29) is 5.91 Å². The van der Waals surface area contributed by atoms with E-state index in [4.69, 9.17) is 21.7 Å². The predicted molar refractivity (Wildman–Crippen MR) is 162 cm³/mol. The number of para-hydroxylation sites is 1. The van der Waals surface area contributed by atoms with Gasteiger partial charge in [-0.25, -0.2) is 9.67 Å². The topological polar surface area (TPSA) is 59.8 Å². The highest BCUT2D eigenvalue weighted by Crippen LogP contribution is 2.40. The lowest BCUT2D eigenvalue weighted by molar-refractivity contribution is 0.0950. The number of halogens is 1. The molecule has 0 saturated heterocycles. The van der Waals surface area contributed by atoms with Crippen LogP contribution in [0.15, 0.2) is 109 Å². The zero-order valence-electron chi connectivity index (χ0n) is 22.2.